The van der Waals surface area contributed by atoms with Crippen LogP contribution in [0.25, 0.3) is 0 Å². The summed E-state index contributed by atoms with van der Waals surface area (Å²) in [7, 11) is 0. The van der Waals surface area contributed by atoms with Crippen LogP contribution in [-0.4, -0.2) is 18.5 Å². The largest absolute Gasteiger partial charge is 0.369 e. The molecule has 24 heavy (non-hydrogen) atoms. The molecule has 2 aromatic carbocycles. The lowest BCUT2D eigenvalue weighted by Crippen LogP contribution is -2.30. The number of carbonyl (C=O) groups excluding carboxylic acids is 1. The van der Waals surface area contributed by atoms with E-state index in [2.05, 4.69) is 31.0 Å². The zero-order valence-electron chi connectivity index (χ0n) is 14.1. The summed E-state index contributed by atoms with van der Waals surface area (Å²) in [6.45, 7) is 7.26. The molecule has 0 saturated heterocycles. The number of benzene rings is 2. The van der Waals surface area contributed by atoms with E-state index in [4.69, 9.17) is 0 Å². The van der Waals surface area contributed by atoms with E-state index in [9.17, 15) is 13.6 Å². The number of nitrogens with one attached hydrogen (secondary N) is 1. The summed E-state index contributed by atoms with van der Waals surface area (Å²) in [6, 6.07) is 10.9. The van der Waals surface area contributed by atoms with Crippen LogP contribution in [0.15, 0.2) is 42.5 Å². The smallest absolute Gasteiger partial charge is 0.251 e. The Labute approximate surface area is 141 Å². The Kier molecular flexibility index (Phi) is 5.90. The molecule has 0 atom stereocenters. The molecule has 3 nitrogen and oxygen atoms in total. The molecule has 0 aliphatic carbocycles. The lowest BCUT2D eigenvalue weighted by Gasteiger charge is -2.27. The van der Waals surface area contributed by atoms with Gasteiger partial charge in [0.2, 0.25) is 0 Å². The molecule has 1 N–H and O–H groups in total. The monoisotopic (exact) mass is 332 g/mol. The van der Waals surface area contributed by atoms with E-state index >= 15 is 0 Å². The van der Waals surface area contributed by atoms with E-state index < -0.39 is 11.6 Å². The first-order valence-corrected chi connectivity index (χ1v) is 8.00. The van der Waals surface area contributed by atoms with E-state index in [0.717, 1.165) is 18.3 Å². The van der Waals surface area contributed by atoms with Crippen LogP contribution in [0.5, 0.6) is 0 Å². The molecule has 0 saturated carbocycles. The summed E-state index contributed by atoms with van der Waals surface area (Å²) < 4.78 is 26.3. The highest BCUT2D eigenvalue weighted by atomic mass is 19.1. The van der Waals surface area contributed by atoms with Crippen LogP contribution >= 0.6 is 0 Å². The van der Waals surface area contributed by atoms with Gasteiger partial charge in [0.25, 0.3) is 5.91 Å². The molecule has 5 heteroatoms. The fourth-order valence-electron chi connectivity index (χ4n) is 2.65. The molecular formula is C19H22F2N2O. The van der Waals surface area contributed by atoms with Gasteiger partial charge in [-0.1, -0.05) is 0 Å². The fraction of sp³-hybridized carbons (Fsp3) is 0.316. The Balaban J connectivity index is 2.02. The van der Waals surface area contributed by atoms with Crippen LogP contribution in [-0.2, 0) is 6.54 Å². The lowest BCUT2D eigenvalue weighted by molar-refractivity contribution is 0.0951. The molecule has 0 bridgehead atoms. The van der Waals surface area contributed by atoms with Crippen molar-refractivity contribution in [2.24, 2.45) is 0 Å². The molecule has 0 aromatic heterocycles. The Hall–Kier alpha value is -2.43. The van der Waals surface area contributed by atoms with Crippen molar-refractivity contribution in [1.29, 1.82) is 0 Å². The van der Waals surface area contributed by atoms with Crippen molar-refractivity contribution in [3.63, 3.8) is 0 Å². The molecule has 0 spiro atoms. The zero-order chi connectivity index (χ0) is 17.7. The normalized spacial score (nSPS) is 10.8. The predicted octanol–water partition coefficient (Wildman–Crippen LogP) is 4.13. The van der Waals surface area contributed by atoms with E-state index in [-0.39, 0.29) is 12.5 Å². The quantitative estimate of drug-likeness (QED) is 0.863. The van der Waals surface area contributed by atoms with Gasteiger partial charge in [-0.05, 0) is 62.7 Å². The molecule has 2 aromatic rings. The minimum absolute atomic E-state index is 0.0718. The SMILES string of the molecule is CCN(c1ccc(C(=O)NCc2cc(F)cc(F)c2)cc1)C(C)C. The average Bonchev–Trinajstić information content (AvgIpc) is 2.52. The summed E-state index contributed by atoms with van der Waals surface area (Å²) >= 11 is 0. The number of anilines is 1. The number of halogens is 2. The second-order valence-electron chi connectivity index (χ2n) is 5.89. The van der Waals surface area contributed by atoms with E-state index in [1.807, 2.05) is 12.1 Å². The predicted molar refractivity (Wildman–Crippen MR) is 92.1 cm³/mol. The lowest BCUT2D eigenvalue weighted by atomic mass is 10.1. The molecule has 0 heterocycles. The highest BCUT2D eigenvalue weighted by molar-refractivity contribution is 5.94. The van der Waals surface area contributed by atoms with Crippen molar-refractivity contribution in [2.45, 2.75) is 33.4 Å². The topological polar surface area (TPSA) is 32.3 Å². The molecule has 128 valence electrons. The van der Waals surface area contributed by atoms with Crippen molar-refractivity contribution in [3.8, 4) is 0 Å². The number of carbonyl (C=O) groups is 1. The summed E-state index contributed by atoms with van der Waals surface area (Å²) in [5.41, 5.74) is 1.95. The van der Waals surface area contributed by atoms with Gasteiger partial charge in [0.15, 0.2) is 0 Å². The molecular weight excluding hydrogens is 310 g/mol. The molecule has 2 rings (SSSR count). The molecule has 0 unspecified atom stereocenters. The van der Waals surface area contributed by atoms with Gasteiger partial charge in [0.1, 0.15) is 11.6 Å². The number of amides is 1. The highest BCUT2D eigenvalue weighted by Crippen LogP contribution is 2.17. The summed E-state index contributed by atoms with van der Waals surface area (Å²) in [5.74, 6) is -1.59. The van der Waals surface area contributed by atoms with Crippen molar-refractivity contribution < 1.29 is 13.6 Å². The van der Waals surface area contributed by atoms with E-state index in [0.29, 0.717) is 17.2 Å². The van der Waals surface area contributed by atoms with Crippen LogP contribution in [0.4, 0.5) is 14.5 Å². The van der Waals surface area contributed by atoms with Gasteiger partial charge in [-0.25, -0.2) is 8.78 Å². The van der Waals surface area contributed by atoms with Gasteiger partial charge >= 0.3 is 0 Å². The first-order chi connectivity index (χ1) is 11.4. The van der Waals surface area contributed by atoms with Gasteiger partial charge in [0.05, 0.1) is 0 Å². The van der Waals surface area contributed by atoms with Gasteiger partial charge in [-0.2, -0.15) is 0 Å². The summed E-state index contributed by atoms with van der Waals surface area (Å²) in [4.78, 5) is 14.4. The number of hydrogen-bond donors (Lipinski definition) is 1. The van der Waals surface area contributed by atoms with Crippen LogP contribution in [0.3, 0.4) is 0 Å². The second-order valence-corrected chi connectivity index (χ2v) is 5.89. The molecule has 1 amide bonds. The van der Waals surface area contributed by atoms with Gasteiger partial charge in [0, 0.05) is 36.4 Å². The van der Waals surface area contributed by atoms with Crippen LogP contribution in [0.2, 0.25) is 0 Å². The highest BCUT2D eigenvalue weighted by Gasteiger charge is 2.10. The summed E-state index contributed by atoms with van der Waals surface area (Å²) in [5, 5.41) is 2.67. The average molecular weight is 332 g/mol. The van der Waals surface area contributed by atoms with Crippen LogP contribution in [0.1, 0.15) is 36.7 Å². The maximum Gasteiger partial charge on any atom is 0.251 e. The molecule has 0 aliphatic rings. The van der Waals surface area contributed by atoms with Crippen LogP contribution < -0.4 is 10.2 Å². The number of hydrogen-bond acceptors (Lipinski definition) is 2. The van der Waals surface area contributed by atoms with E-state index in [1.165, 1.54) is 12.1 Å². The third-order valence-corrected chi connectivity index (χ3v) is 3.80. The molecule has 0 fully saturated rings. The third-order valence-electron chi connectivity index (χ3n) is 3.80. The maximum atomic E-state index is 13.1. The Morgan fingerprint density at radius 3 is 2.17 bits per heavy atom. The second kappa shape index (κ2) is 7.90. The fourth-order valence-corrected chi connectivity index (χ4v) is 2.65. The number of rotatable bonds is 6. The van der Waals surface area contributed by atoms with Crippen molar-refractivity contribution >= 4 is 11.6 Å². The first kappa shape index (κ1) is 17.9. The minimum Gasteiger partial charge on any atom is -0.369 e. The third kappa shape index (κ3) is 4.54. The Morgan fingerprint density at radius 1 is 1.08 bits per heavy atom. The van der Waals surface area contributed by atoms with Crippen molar-refractivity contribution in [2.75, 3.05) is 11.4 Å². The zero-order valence-corrected chi connectivity index (χ0v) is 14.1. The van der Waals surface area contributed by atoms with Crippen LogP contribution in [0, 0.1) is 11.6 Å². The Morgan fingerprint density at radius 2 is 1.67 bits per heavy atom. The van der Waals surface area contributed by atoms with Gasteiger partial charge in [-0.3, -0.25) is 4.79 Å². The number of nitrogens with zero attached hydrogens (tertiary/aromatic N) is 1. The maximum absolute atomic E-state index is 13.1. The molecule has 0 aliphatic heterocycles. The first-order valence-electron chi connectivity index (χ1n) is 8.00. The minimum atomic E-state index is -0.656. The molecule has 0 radical (unpaired) electrons. The van der Waals surface area contributed by atoms with Crippen molar-refractivity contribution in [3.05, 3.63) is 65.2 Å². The van der Waals surface area contributed by atoms with E-state index in [1.54, 1.807) is 12.1 Å². The van der Waals surface area contributed by atoms with Gasteiger partial charge < -0.3 is 10.2 Å². The van der Waals surface area contributed by atoms with Gasteiger partial charge in [-0.15, -0.1) is 0 Å². The standard InChI is InChI=1S/C19H22F2N2O/c1-4-23(13(2)3)18-7-5-15(6-8-18)19(24)22-12-14-9-16(20)11-17(21)10-14/h5-11,13H,4,12H2,1-3H3,(H,22,24). The van der Waals surface area contributed by atoms with Crippen molar-refractivity contribution in [1.82, 2.24) is 5.32 Å². The Bertz CT molecular complexity index is 679. The summed E-state index contributed by atoms with van der Waals surface area (Å²) in [6.07, 6.45) is 0.